The maximum absolute atomic E-state index is 11.9. The third kappa shape index (κ3) is 2.16. The molecule has 0 saturated heterocycles. The highest BCUT2D eigenvalue weighted by atomic mass is 35.5. The van der Waals surface area contributed by atoms with Crippen LogP contribution in [-0.4, -0.2) is 17.4 Å². The van der Waals surface area contributed by atoms with Gasteiger partial charge in [0.05, 0.1) is 5.56 Å². The number of hydrogen-bond acceptors (Lipinski definition) is 2. The SMILES string of the molecule is O=C(NCC1(C2CC2)CC1)c1cccnc1Cl. The maximum atomic E-state index is 11.9. The molecule has 90 valence electrons. The summed E-state index contributed by atoms with van der Waals surface area (Å²) in [5.74, 6) is 0.752. The highest BCUT2D eigenvalue weighted by Crippen LogP contribution is 2.60. The Morgan fingerprint density at radius 3 is 2.88 bits per heavy atom. The van der Waals surface area contributed by atoms with E-state index in [0.717, 1.165) is 12.5 Å². The molecule has 0 unspecified atom stereocenters. The van der Waals surface area contributed by atoms with Gasteiger partial charge < -0.3 is 5.32 Å². The number of carbonyl (C=O) groups excluding carboxylic acids is 1. The van der Waals surface area contributed by atoms with Gasteiger partial charge in [0.25, 0.3) is 5.91 Å². The molecule has 2 aliphatic carbocycles. The molecule has 1 aromatic rings. The first-order valence-corrected chi connectivity index (χ1v) is 6.48. The van der Waals surface area contributed by atoms with E-state index in [4.69, 9.17) is 11.6 Å². The van der Waals surface area contributed by atoms with Gasteiger partial charge in [-0.05, 0) is 49.1 Å². The monoisotopic (exact) mass is 250 g/mol. The standard InChI is InChI=1S/C13H15ClN2O/c14-11-10(2-1-7-15-11)12(17)16-8-13(5-6-13)9-3-4-9/h1-2,7,9H,3-6,8H2,(H,16,17). The molecule has 0 radical (unpaired) electrons. The molecule has 3 nitrogen and oxygen atoms in total. The molecule has 0 bridgehead atoms. The van der Waals surface area contributed by atoms with Crippen LogP contribution >= 0.6 is 11.6 Å². The lowest BCUT2D eigenvalue weighted by Gasteiger charge is -2.15. The minimum atomic E-state index is -0.102. The molecule has 1 amide bonds. The quantitative estimate of drug-likeness (QED) is 0.835. The topological polar surface area (TPSA) is 42.0 Å². The van der Waals surface area contributed by atoms with Gasteiger partial charge in [-0.1, -0.05) is 11.6 Å². The fourth-order valence-corrected chi connectivity index (χ4v) is 2.70. The Kier molecular flexibility index (Phi) is 2.58. The average molecular weight is 251 g/mol. The van der Waals surface area contributed by atoms with E-state index in [-0.39, 0.29) is 11.1 Å². The third-order valence-electron chi connectivity index (χ3n) is 3.94. The summed E-state index contributed by atoms with van der Waals surface area (Å²) in [6.45, 7) is 0.793. The number of nitrogens with zero attached hydrogens (tertiary/aromatic N) is 1. The van der Waals surface area contributed by atoms with E-state index in [1.807, 2.05) is 0 Å². The van der Waals surface area contributed by atoms with Gasteiger partial charge in [-0.25, -0.2) is 4.98 Å². The van der Waals surface area contributed by atoms with Crippen molar-refractivity contribution in [2.75, 3.05) is 6.54 Å². The molecule has 0 spiro atoms. The number of rotatable bonds is 4. The number of aromatic nitrogens is 1. The Bertz CT molecular complexity index is 452. The van der Waals surface area contributed by atoms with Gasteiger partial charge in [0.15, 0.2) is 0 Å². The summed E-state index contributed by atoms with van der Waals surface area (Å²) in [5, 5.41) is 3.28. The van der Waals surface area contributed by atoms with E-state index in [2.05, 4.69) is 10.3 Å². The number of amides is 1. The largest absolute Gasteiger partial charge is 0.351 e. The van der Waals surface area contributed by atoms with E-state index in [1.165, 1.54) is 25.7 Å². The molecule has 1 N–H and O–H groups in total. The summed E-state index contributed by atoms with van der Waals surface area (Å²) in [4.78, 5) is 15.9. The highest BCUT2D eigenvalue weighted by Gasteiger charge is 2.53. The third-order valence-corrected chi connectivity index (χ3v) is 4.24. The number of hydrogen-bond donors (Lipinski definition) is 1. The Balaban J connectivity index is 1.62. The summed E-state index contributed by atoms with van der Waals surface area (Å²) >= 11 is 5.89. The first-order valence-electron chi connectivity index (χ1n) is 6.10. The van der Waals surface area contributed by atoms with Crippen LogP contribution in [0.2, 0.25) is 5.15 Å². The second kappa shape index (κ2) is 3.98. The van der Waals surface area contributed by atoms with Crippen LogP contribution in [0.4, 0.5) is 0 Å². The summed E-state index contributed by atoms with van der Waals surface area (Å²) in [6.07, 6.45) is 6.79. The van der Waals surface area contributed by atoms with Gasteiger partial charge >= 0.3 is 0 Å². The lowest BCUT2D eigenvalue weighted by Crippen LogP contribution is -2.31. The number of nitrogens with one attached hydrogen (secondary N) is 1. The van der Waals surface area contributed by atoms with E-state index < -0.39 is 0 Å². The lowest BCUT2D eigenvalue weighted by atomic mass is 10.0. The van der Waals surface area contributed by atoms with Crippen molar-refractivity contribution in [2.45, 2.75) is 25.7 Å². The molecule has 2 fully saturated rings. The van der Waals surface area contributed by atoms with Crippen molar-refractivity contribution < 1.29 is 4.79 Å². The average Bonchev–Trinajstić information content (AvgIpc) is 3.17. The van der Waals surface area contributed by atoms with Crippen molar-refractivity contribution in [2.24, 2.45) is 11.3 Å². The summed E-state index contributed by atoms with van der Waals surface area (Å²) in [6, 6.07) is 3.44. The summed E-state index contributed by atoms with van der Waals surface area (Å²) in [7, 11) is 0. The molecule has 0 aliphatic heterocycles. The van der Waals surface area contributed by atoms with Crippen LogP contribution in [-0.2, 0) is 0 Å². The van der Waals surface area contributed by atoms with Gasteiger partial charge in [-0.3, -0.25) is 4.79 Å². The molecule has 2 aliphatic rings. The summed E-state index contributed by atoms with van der Waals surface area (Å²) in [5.41, 5.74) is 0.894. The first kappa shape index (κ1) is 11.0. The maximum Gasteiger partial charge on any atom is 0.254 e. The fraction of sp³-hybridized carbons (Fsp3) is 0.538. The van der Waals surface area contributed by atoms with Crippen molar-refractivity contribution in [3.05, 3.63) is 29.0 Å². The van der Waals surface area contributed by atoms with Crippen LogP contribution in [0.25, 0.3) is 0 Å². The lowest BCUT2D eigenvalue weighted by molar-refractivity contribution is 0.0942. The molecule has 17 heavy (non-hydrogen) atoms. The second-order valence-corrected chi connectivity index (χ2v) is 5.52. The molecule has 1 heterocycles. The smallest absolute Gasteiger partial charge is 0.254 e. The molecule has 4 heteroatoms. The fourth-order valence-electron chi connectivity index (χ4n) is 2.49. The number of halogens is 1. The molecular weight excluding hydrogens is 236 g/mol. The van der Waals surface area contributed by atoms with Crippen LogP contribution in [0.3, 0.4) is 0 Å². The van der Waals surface area contributed by atoms with Crippen LogP contribution in [0, 0.1) is 11.3 Å². The molecule has 0 aromatic carbocycles. The van der Waals surface area contributed by atoms with Crippen molar-refractivity contribution in [1.82, 2.24) is 10.3 Å². The van der Waals surface area contributed by atoms with Crippen LogP contribution < -0.4 is 5.32 Å². The zero-order valence-electron chi connectivity index (χ0n) is 9.58. The van der Waals surface area contributed by atoms with Gasteiger partial charge in [0.1, 0.15) is 5.15 Å². The van der Waals surface area contributed by atoms with Crippen LogP contribution in [0.5, 0.6) is 0 Å². The minimum Gasteiger partial charge on any atom is -0.351 e. The van der Waals surface area contributed by atoms with Crippen molar-refractivity contribution in [3.8, 4) is 0 Å². The van der Waals surface area contributed by atoms with Crippen molar-refractivity contribution in [3.63, 3.8) is 0 Å². The van der Waals surface area contributed by atoms with Gasteiger partial charge in [-0.2, -0.15) is 0 Å². The Hall–Kier alpha value is -1.09. The predicted molar refractivity (Wildman–Crippen MR) is 66.0 cm³/mol. The Morgan fingerprint density at radius 2 is 2.29 bits per heavy atom. The van der Waals surface area contributed by atoms with Gasteiger partial charge in [0, 0.05) is 12.7 Å². The van der Waals surface area contributed by atoms with Gasteiger partial charge in [-0.15, -0.1) is 0 Å². The summed E-state index contributed by atoms with van der Waals surface area (Å²) < 4.78 is 0. The second-order valence-electron chi connectivity index (χ2n) is 5.16. The zero-order chi connectivity index (χ0) is 11.9. The molecule has 0 atom stereocenters. The van der Waals surface area contributed by atoms with E-state index >= 15 is 0 Å². The van der Waals surface area contributed by atoms with Crippen LogP contribution in [0.15, 0.2) is 18.3 Å². The molecule has 1 aromatic heterocycles. The van der Waals surface area contributed by atoms with E-state index in [1.54, 1.807) is 18.3 Å². The Labute approximate surface area is 106 Å². The molecular formula is C13H15ClN2O. The molecule has 3 rings (SSSR count). The minimum absolute atomic E-state index is 0.102. The predicted octanol–water partition coefficient (Wildman–Crippen LogP) is 2.66. The molecule has 2 saturated carbocycles. The van der Waals surface area contributed by atoms with Crippen molar-refractivity contribution >= 4 is 17.5 Å². The number of pyridine rings is 1. The van der Waals surface area contributed by atoms with E-state index in [9.17, 15) is 4.79 Å². The van der Waals surface area contributed by atoms with Gasteiger partial charge in [0.2, 0.25) is 0 Å². The normalized spacial score (nSPS) is 21.0. The highest BCUT2D eigenvalue weighted by molar-refractivity contribution is 6.32. The van der Waals surface area contributed by atoms with Crippen LogP contribution in [0.1, 0.15) is 36.0 Å². The Morgan fingerprint density at radius 1 is 1.53 bits per heavy atom. The van der Waals surface area contributed by atoms with E-state index in [0.29, 0.717) is 11.0 Å². The number of carbonyl (C=O) groups is 1. The first-order chi connectivity index (χ1) is 8.21. The van der Waals surface area contributed by atoms with Crippen molar-refractivity contribution in [1.29, 1.82) is 0 Å². The zero-order valence-corrected chi connectivity index (χ0v) is 10.3.